The van der Waals surface area contributed by atoms with Crippen molar-refractivity contribution >= 4 is 0 Å². The second-order valence-electron chi connectivity index (χ2n) is 5.25. The molecule has 0 spiro atoms. The molecule has 2 rings (SSSR count). The van der Waals surface area contributed by atoms with Crippen LogP contribution in [-0.4, -0.2) is 18.0 Å². The second kappa shape index (κ2) is 4.42. The largest absolute Gasteiger partial charge is 0.372 e. The van der Waals surface area contributed by atoms with Crippen LogP contribution in [0.5, 0.6) is 0 Å². The number of hydrogen-bond acceptors (Lipinski definition) is 1. The molecule has 0 saturated carbocycles. The average molecular weight is 205 g/mol. The van der Waals surface area contributed by atoms with E-state index in [1.165, 1.54) is 38.8 Å². The predicted molar refractivity (Wildman–Crippen MR) is 65.7 cm³/mol. The maximum absolute atomic E-state index is 2.60. The van der Waals surface area contributed by atoms with Crippen LogP contribution in [0.2, 0.25) is 0 Å². The molecule has 84 valence electrons. The van der Waals surface area contributed by atoms with Crippen molar-refractivity contribution < 1.29 is 0 Å². The first-order valence-corrected chi connectivity index (χ1v) is 6.33. The lowest BCUT2D eigenvalue weighted by atomic mass is 9.89. The zero-order valence-corrected chi connectivity index (χ0v) is 10.3. The lowest BCUT2D eigenvalue weighted by molar-refractivity contribution is 0.421. The van der Waals surface area contributed by atoms with Crippen molar-refractivity contribution in [1.29, 1.82) is 0 Å². The number of nitrogens with zero attached hydrogens (tertiary/aromatic N) is 1. The van der Waals surface area contributed by atoms with E-state index in [0.29, 0.717) is 5.92 Å². The highest BCUT2D eigenvalue weighted by molar-refractivity contribution is 5.33. The van der Waals surface area contributed by atoms with E-state index in [-0.39, 0.29) is 0 Å². The molecule has 1 nitrogen and oxygen atoms in total. The van der Waals surface area contributed by atoms with Crippen molar-refractivity contribution in [2.24, 2.45) is 5.92 Å². The van der Waals surface area contributed by atoms with Crippen molar-refractivity contribution in [2.75, 3.05) is 13.1 Å². The van der Waals surface area contributed by atoms with Crippen LogP contribution in [0.1, 0.15) is 46.5 Å². The van der Waals surface area contributed by atoms with Crippen LogP contribution in [0, 0.1) is 5.92 Å². The molecular weight excluding hydrogens is 182 g/mol. The Morgan fingerprint density at radius 1 is 1.13 bits per heavy atom. The van der Waals surface area contributed by atoms with Crippen molar-refractivity contribution in [2.45, 2.75) is 46.5 Å². The zero-order chi connectivity index (χ0) is 10.8. The molecule has 1 heteroatoms. The van der Waals surface area contributed by atoms with Gasteiger partial charge in [-0.25, -0.2) is 0 Å². The van der Waals surface area contributed by atoms with Crippen LogP contribution in [0.4, 0.5) is 0 Å². The van der Waals surface area contributed by atoms with Crippen LogP contribution in [0.3, 0.4) is 0 Å². The molecule has 1 fully saturated rings. The minimum atomic E-state index is 0.713. The van der Waals surface area contributed by atoms with Gasteiger partial charge >= 0.3 is 0 Å². The summed E-state index contributed by atoms with van der Waals surface area (Å²) >= 11 is 0. The highest BCUT2D eigenvalue weighted by Crippen LogP contribution is 2.32. The first-order valence-electron chi connectivity index (χ1n) is 6.33. The van der Waals surface area contributed by atoms with Crippen LogP contribution in [0.25, 0.3) is 0 Å². The van der Waals surface area contributed by atoms with E-state index < -0.39 is 0 Å². The van der Waals surface area contributed by atoms with E-state index >= 15 is 0 Å². The summed E-state index contributed by atoms with van der Waals surface area (Å²) in [6.07, 6.45) is 7.74. The van der Waals surface area contributed by atoms with E-state index in [0.717, 1.165) is 0 Å². The van der Waals surface area contributed by atoms with Gasteiger partial charge in [-0.05, 0) is 50.2 Å². The fraction of sp³-hybridized carbons (Fsp3) is 0.714. The van der Waals surface area contributed by atoms with Gasteiger partial charge in [0.2, 0.25) is 0 Å². The van der Waals surface area contributed by atoms with Crippen molar-refractivity contribution in [3.8, 4) is 0 Å². The molecule has 0 aromatic carbocycles. The molecule has 2 aliphatic rings. The summed E-state index contributed by atoms with van der Waals surface area (Å²) in [7, 11) is 0. The molecule has 0 aromatic heterocycles. The Bertz CT molecular complexity index is 290. The fourth-order valence-corrected chi connectivity index (χ4v) is 2.70. The average Bonchev–Trinajstić information content (AvgIpc) is 2.69. The number of hydrogen-bond donors (Lipinski definition) is 0. The molecule has 0 atom stereocenters. The Balaban J connectivity index is 2.28. The van der Waals surface area contributed by atoms with Crippen molar-refractivity contribution in [3.05, 3.63) is 22.9 Å². The first kappa shape index (κ1) is 10.8. The Labute approximate surface area is 93.9 Å². The Morgan fingerprint density at radius 3 is 2.40 bits per heavy atom. The third-order valence-electron chi connectivity index (χ3n) is 3.64. The summed E-state index contributed by atoms with van der Waals surface area (Å²) in [4.78, 5) is 2.60. The summed E-state index contributed by atoms with van der Waals surface area (Å²) in [5, 5.41) is 0. The second-order valence-corrected chi connectivity index (χ2v) is 5.25. The monoisotopic (exact) mass is 205 g/mol. The van der Waals surface area contributed by atoms with E-state index in [2.05, 4.69) is 31.7 Å². The minimum absolute atomic E-state index is 0.713. The molecular formula is C14H23N. The zero-order valence-electron chi connectivity index (χ0n) is 10.3. The third kappa shape index (κ3) is 2.27. The highest BCUT2D eigenvalue weighted by atomic mass is 15.1. The topological polar surface area (TPSA) is 3.24 Å². The normalized spacial score (nSPS) is 22.7. The van der Waals surface area contributed by atoms with Gasteiger partial charge in [-0.3, -0.25) is 0 Å². The molecule has 0 unspecified atom stereocenters. The minimum Gasteiger partial charge on any atom is -0.372 e. The quantitative estimate of drug-likeness (QED) is 0.664. The van der Waals surface area contributed by atoms with Crippen LogP contribution < -0.4 is 0 Å². The maximum Gasteiger partial charge on any atom is 0.0360 e. The smallest absolute Gasteiger partial charge is 0.0360 e. The van der Waals surface area contributed by atoms with Gasteiger partial charge in [0.25, 0.3) is 0 Å². The van der Waals surface area contributed by atoms with Crippen LogP contribution >= 0.6 is 0 Å². The van der Waals surface area contributed by atoms with Gasteiger partial charge in [-0.2, -0.15) is 0 Å². The molecule has 1 saturated heterocycles. The van der Waals surface area contributed by atoms with E-state index in [4.69, 9.17) is 0 Å². The molecule has 0 N–H and O–H groups in total. The molecule has 0 bridgehead atoms. The molecule has 1 aliphatic heterocycles. The van der Waals surface area contributed by atoms with Gasteiger partial charge < -0.3 is 4.90 Å². The van der Waals surface area contributed by atoms with Crippen molar-refractivity contribution in [3.63, 3.8) is 0 Å². The van der Waals surface area contributed by atoms with Gasteiger partial charge in [-0.1, -0.05) is 19.4 Å². The molecule has 1 heterocycles. The highest BCUT2D eigenvalue weighted by Gasteiger charge is 2.21. The molecule has 0 amide bonds. The Hall–Kier alpha value is -0.720. The summed E-state index contributed by atoms with van der Waals surface area (Å²) in [6.45, 7) is 9.48. The number of likely N-dealkylation sites (tertiary alicyclic amines) is 1. The summed E-state index contributed by atoms with van der Waals surface area (Å²) in [5.74, 6) is 0.713. The van der Waals surface area contributed by atoms with Gasteiger partial charge in [0.05, 0.1) is 0 Å². The lowest BCUT2D eigenvalue weighted by Gasteiger charge is -2.29. The SMILES string of the molecule is CC1=CC(N2CCCC2)=C(C(C)C)CC1. The molecule has 15 heavy (non-hydrogen) atoms. The van der Waals surface area contributed by atoms with Gasteiger partial charge in [0.15, 0.2) is 0 Å². The summed E-state index contributed by atoms with van der Waals surface area (Å²) in [6, 6.07) is 0. The van der Waals surface area contributed by atoms with E-state index in [1.807, 2.05) is 0 Å². The number of rotatable bonds is 2. The molecule has 1 aliphatic carbocycles. The lowest BCUT2D eigenvalue weighted by Crippen LogP contribution is -2.22. The number of allylic oxidation sites excluding steroid dienone is 3. The van der Waals surface area contributed by atoms with E-state index in [1.54, 1.807) is 16.8 Å². The predicted octanol–water partition coefficient (Wildman–Crippen LogP) is 3.73. The third-order valence-corrected chi connectivity index (χ3v) is 3.64. The summed E-state index contributed by atoms with van der Waals surface area (Å²) < 4.78 is 0. The van der Waals surface area contributed by atoms with Crippen molar-refractivity contribution in [1.82, 2.24) is 4.90 Å². The van der Waals surface area contributed by atoms with Gasteiger partial charge in [0.1, 0.15) is 0 Å². The van der Waals surface area contributed by atoms with Gasteiger partial charge in [0, 0.05) is 18.8 Å². The first-order chi connectivity index (χ1) is 7.18. The molecule has 0 radical (unpaired) electrons. The van der Waals surface area contributed by atoms with Crippen LogP contribution in [-0.2, 0) is 0 Å². The van der Waals surface area contributed by atoms with Crippen LogP contribution in [0.15, 0.2) is 22.9 Å². The maximum atomic E-state index is 2.60. The Morgan fingerprint density at radius 2 is 1.80 bits per heavy atom. The fourth-order valence-electron chi connectivity index (χ4n) is 2.70. The molecule has 0 aromatic rings. The van der Waals surface area contributed by atoms with E-state index in [9.17, 15) is 0 Å². The van der Waals surface area contributed by atoms with Gasteiger partial charge in [-0.15, -0.1) is 0 Å². The standard InChI is InChI=1S/C14H23N/c1-11(2)13-7-6-12(3)10-14(13)15-8-4-5-9-15/h10-11H,4-9H2,1-3H3. The Kier molecular flexibility index (Phi) is 3.18. The summed E-state index contributed by atoms with van der Waals surface area (Å²) in [5.41, 5.74) is 4.80.